The van der Waals surface area contributed by atoms with E-state index in [2.05, 4.69) is 19.7 Å². The Labute approximate surface area is 159 Å². The third-order valence-corrected chi connectivity index (χ3v) is 5.13. The van der Waals surface area contributed by atoms with E-state index in [1.165, 1.54) is 18.3 Å². The Morgan fingerprint density at radius 2 is 2.11 bits per heavy atom. The molecule has 9 nitrogen and oxygen atoms in total. The molecule has 1 aliphatic rings. The number of rotatable bonds is 6. The van der Waals surface area contributed by atoms with Crippen LogP contribution in [-0.2, 0) is 4.74 Å². The summed E-state index contributed by atoms with van der Waals surface area (Å²) in [4.78, 5) is 13.9. The first-order valence-corrected chi connectivity index (χ1v) is 9.20. The monoisotopic (exact) mass is 389 g/mol. The van der Waals surface area contributed by atoms with Gasteiger partial charge in [-0.2, -0.15) is 0 Å². The topological polar surface area (TPSA) is 115 Å². The first kappa shape index (κ1) is 18.0. The van der Waals surface area contributed by atoms with Crippen molar-refractivity contribution >= 4 is 28.9 Å². The molecule has 1 saturated heterocycles. The number of methoxy groups -OCH3 is 1. The van der Waals surface area contributed by atoms with Crippen LogP contribution >= 0.6 is 11.9 Å². The largest absolute Gasteiger partial charge is 0.497 e. The summed E-state index contributed by atoms with van der Waals surface area (Å²) < 4.78 is 15.7. The number of benzene rings is 1. The number of imidazole rings is 1. The first-order chi connectivity index (χ1) is 13.2. The molecule has 3 aromatic rings. The molecule has 0 aliphatic carbocycles. The molecule has 3 heterocycles. The maximum absolute atomic E-state index is 10.2. The molecule has 0 bridgehead atoms. The van der Waals surface area contributed by atoms with Gasteiger partial charge in [-0.1, -0.05) is 0 Å². The van der Waals surface area contributed by atoms with Gasteiger partial charge in [-0.05, 0) is 36.2 Å². The highest BCUT2D eigenvalue weighted by atomic mass is 32.2. The van der Waals surface area contributed by atoms with E-state index in [9.17, 15) is 10.2 Å². The van der Waals surface area contributed by atoms with Crippen molar-refractivity contribution in [2.75, 3.05) is 18.4 Å². The zero-order valence-electron chi connectivity index (χ0n) is 14.5. The molecule has 2 aromatic heterocycles. The van der Waals surface area contributed by atoms with Crippen molar-refractivity contribution in [3.8, 4) is 5.75 Å². The minimum absolute atomic E-state index is 0.138. The Morgan fingerprint density at radius 3 is 2.81 bits per heavy atom. The summed E-state index contributed by atoms with van der Waals surface area (Å²) in [7, 11) is 1.63. The molecule has 27 heavy (non-hydrogen) atoms. The lowest BCUT2D eigenvalue weighted by atomic mass is 10.2. The molecular formula is C17H19N5O4S. The number of hydrogen-bond donors (Lipinski definition) is 3. The molecule has 3 atom stereocenters. The van der Waals surface area contributed by atoms with Gasteiger partial charge in [-0.25, -0.2) is 15.0 Å². The number of aliphatic hydroxyl groups is 2. The van der Waals surface area contributed by atoms with Crippen LogP contribution in [0.4, 0.5) is 5.82 Å². The maximum atomic E-state index is 10.2. The third kappa shape index (κ3) is 3.56. The van der Waals surface area contributed by atoms with E-state index in [-0.39, 0.29) is 6.61 Å². The van der Waals surface area contributed by atoms with Gasteiger partial charge in [0.2, 0.25) is 0 Å². The third-order valence-electron chi connectivity index (χ3n) is 4.33. The van der Waals surface area contributed by atoms with Crippen molar-refractivity contribution in [2.45, 2.75) is 29.8 Å². The highest BCUT2D eigenvalue weighted by Crippen LogP contribution is 2.32. The fourth-order valence-corrected chi connectivity index (χ4v) is 3.60. The Bertz CT molecular complexity index is 919. The van der Waals surface area contributed by atoms with Crippen LogP contribution in [0, 0.1) is 0 Å². The molecule has 0 amide bonds. The van der Waals surface area contributed by atoms with Crippen LogP contribution in [0.5, 0.6) is 5.75 Å². The van der Waals surface area contributed by atoms with Crippen LogP contribution in [0.1, 0.15) is 12.6 Å². The summed E-state index contributed by atoms with van der Waals surface area (Å²) in [6.07, 6.45) is 1.60. The van der Waals surface area contributed by atoms with Crippen LogP contribution in [0.15, 0.2) is 41.8 Å². The number of nitrogens with zero attached hydrogens (tertiary/aromatic N) is 4. The molecule has 0 radical (unpaired) electrons. The van der Waals surface area contributed by atoms with Crippen LogP contribution in [0.3, 0.4) is 0 Å². The normalized spacial score (nSPS) is 22.3. The quantitative estimate of drug-likeness (QED) is 0.541. The SMILES string of the molecule is COc1ccc(SNc2ncnc3c2ncn3[C@@H]2O[C@H](CO)C[C@H]2O)cc1. The molecule has 1 aliphatic heterocycles. The lowest BCUT2D eigenvalue weighted by Gasteiger charge is -2.16. The molecule has 0 saturated carbocycles. The second-order valence-electron chi connectivity index (χ2n) is 6.06. The number of nitrogens with one attached hydrogen (secondary N) is 1. The second-order valence-corrected chi connectivity index (χ2v) is 6.94. The Hall–Kier alpha value is -2.40. The zero-order valence-corrected chi connectivity index (χ0v) is 15.3. The highest BCUT2D eigenvalue weighted by Gasteiger charge is 2.35. The predicted octanol–water partition coefficient (Wildman–Crippen LogP) is 1.59. The standard InChI is InChI=1S/C17H19N5O4S/c1-25-10-2-4-12(5-3-10)27-21-15-14-16(19-8-18-15)22(9-20-14)17-13(24)6-11(7-23)26-17/h2-5,8-9,11,13,17,23-24H,6-7H2,1H3,(H,18,19,21)/t11-,13+,17+/m0/s1. The molecule has 142 valence electrons. The summed E-state index contributed by atoms with van der Waals surface area (Å²) in [5.41, 5.74) is 1.12. The number of aliphatic hydroxyl groups excluding tert-OH is 2. The fraction of sp³-hybridized carbons (Fsp3) is 0.353. The van der Waals surface area contributed by atoms with Gasteiger partial charge in [0.15, 0.2) is 23.2 Å². The van der Waals surface area contributed by atoms with Crippen LogP contribution in [0.25, 0.3) is 11.2 Å². The number of anilines is 1. The Morgan fingerprint density at radius 1 is 1.30 bits per heavy atom. The summed E-state index contributed by atoms with van der Waals surface area (Å²) in [6.45, 7) is -0.138. The van der Waals surface area contributed by atoms with Crippen molar-refractivity contribution in [3.63, 3.8) is 0 Å². The molecule has 1 fully saturated rings. The zero-order chi connectivity index (χ0) is 18.8. The number of fused-ring (bicyclic) bond motifs is 1. The van der Waals surface area contributed by atoms with Gasteiger partial charge >= 0.3 is 0 Å². The van der Waals surface area contributed by atoms with E-state index < -0.39 is 18.4 Å². The molecule has 0 unspecified atom stereocenters. The van der Waals surface area contributed by atoms with Crippen molar-refractivity contribution in [1.29, 1.82) is 0 Å². The highest BCUT2D eigenvalue weighted by molar-refractivity contribution is 8.00. The van der Waals surface area contributed by atoms with Crippen LogP contribution < -0.4 is 9.46 Å². The van der Waals surface area contributed by atoms with Gasteiger partial charge in [0, 0.05) is 11.3 Å². The number of hydrogen-bond acceptors (Lipinski definition) is 9. The minimum atomic E-state index is -0.736. The van der Waals surface area contributed by atoms with Crippen molar-refractivity contribution in [1.82, 2.24) is 19.5 Å². The van der Waals surface area contributed by atoms with Gasteiger partial charge in [-0.15, -0.1) is 0 Å². The first-order valence-electron chi connectivity index (χ1n) is 8.38. The van der Waals surface area contributed by atoms with Gasteiger partial charge in [0.05, 0.1) is 26.1 Å². The van der Waals surface area contributed by atoms with Crippen molar-refractivity contribution in [2.24, 2.45) is 0 Å². The van der Waals surface area contributed by atoms with E-state index in [1.807, 2.05) is 24.3 Å². The van der Waals surface area contributed by atoms with Gasteiger partial charge in [0.1, 0.15) is 18.2 Å². The summed E-state index contributed by atoms with van der Waals surface area (Å²) in [5.74, 6) is 1.35. The van der Waals surface area contributed by atoms with E-state index in [4.69, 9.17) is 9.47 Å². The molecule has 4 rings (SSSR count). The molecule has 0 spiro atoms. The summed E-state index contributed by atoms with van der Waals surface area (Å²) in [6, 6.07) is 7.63. The number of aromatic nitrogens is 4. The lowest BCUT2D eigenvalue weighted by Crippen LogP contribution is -2.19. The molecule has 3 N–H and O–H groups in total. The van der Waals surface area contributed by atoms with Gasteiger partial charge < -0.3 is 24.4 Å². The van der Waals surface area contributed by atoms with E-state index >= 15 is 0 Å². The number of ether oxygens (including phenoxy) is 2. The average Bonchev–Trinajstić information content (AvgIpc) is 3.30. The van der Waals surface area contributed by atoms with E-state index in [0.29, 0.717) is 23.4 Å². The van der Waals surface area contributed by atoms with Gasteiger partial charge in [0.25, 0.3) is 0 Å². The average molecular weight is 389 g/mol. The van der Waals surface area contributed by atoms with Crippen molar-refractivity contribution in [3.05, 3.63) is 36.9 Å². The smallest absolute Gasteiger partial charge is 0.167 e. The molecular weight excluding hydrogens is 370 g/mol. The predicted molar refractivity (Wildman–Crippen MR) is 99.4 cm³/mol. The Balaban J connectivity index is 1.55. The molecule has 1 aromatic carbocycles. The minimum Gasteiger partial charge on any atom is -0.497 e. The van der Waals surface area contributed by atoms with Crippen LogP contribution in [-0.4, -0.2) is 55.7 Å². The molecule has 10 heteroatoms. The van der Waals surface area contributed by atoms with Gasteiger partial charge in [-0.3, -0.25) is 4.57 Å². The van der Waals surface area contributed by atoms with E-state index in [1.54, 1.807) is 18.0 Å². The maximum Gasteiger partial charge on any atom is 0.167 e. The summed E-state index contributed by atoms with van der Waals surface area (Å²) in [5, 5.41) is 19.5. The summed E-state index contributed by atoms with van der Waals surface area (Å²) >= 11 is 1.39. The Kier molecular flexibility index (Phi) is 5.12. The van der Waals surface area contributed by atoms with Crippen molar-refractivity contribution < 1.29 is 19.7 Å². The second kappa shape index (κ2) is 7.69. The van der Waals surface area contributed by atoms with Crippen LogP contribution in [0.2, 0.25) is 0 Å². The lowest BCUT2D eigenvalue weighted by molar-refractivity contribution is -0.0486. The fourth-order valence-electron chi connectivity index (χ4n) is 2.96. The van der Waals surface area contributed by atoms with E-state index in [0.717, 1.165) is 10.6 Å².